The van der Waals surface area contributed by atoms with Gasteiger partial charge in [0.2, 0.25) is 0 Å². The number of aromatic nitrogens is 2. The van der Waals surface area contributed by atoms with Gasteiger partial charge in [-0.15, -0.1) is 0 Å². The molecule has 0 aliphatic heterocycles. The minimum absolute atomic E-state index is 0.0800. The van der Waals surface area contributed by atoms with Crippen LogP contribution in [0.5, 0.6) is 0 Å². The maximum Gasteiger partial charge on any atom is 0.258 e. The van der Waals surface area contributed by atoms with Crippen LogP contribution in [0, 0.1) is 0 Å². The number of fused-ring (bicyclic) bond motifs is 4. The molecule has 2 aliphatic rings. The summed E-state index contributed by atoms with van der Waals surface area (Å²) in [7, 11) is 0. The highest BCUT2D eigenvalue weighted by atomic mass is 35.5. The second-order valence-corrected chi connectivity index (χ2v) is 10.7. The predicted molar refractivity (Wildman–Crippen MR) is 137 cm³/mol. The van der Waals surface area contributed by atoms with Crippen molar-refractivity contribution in [2.75, 3.05) is 0 Å². The third-order valence-electron chi connectivity index (χ3n) is 7.20. The van der Waals surface area contributed by atoms with E-state index in [9.17, 15) is 4.79 Å². The Morgan fingerprint density at radius 2 is 1.82 bits per heavy atom. The van der Waals surface area contributed by atoms with Crippen molar-refractivity contribution in [2.24, 2.45) is 0 Å². The molecule has 6 heteroatoms. The molecule has 6 rings (SSSR count). The number of hydrogen-bond donors (Lipinski definition) is 0. The van der Waals surface area contributed by atoms with Gasteiger partial charge in [0.1, 0.15) is 5.76 Å². The molecule has 0 atom stereocenters. The van der Waals surface area contributed by atoms with Gasteiger partial charge in [-0.2, -0.15) is 0 Å². The summed E-state index contributed by atoms with van der Waals surface area (Å²) in [6, 6.07) is 20.1. The molecule has 1 spiro atoms. The van der Waals surface area contributed by atoms with E-state index in [2.05, 4.69) is 18.2 Å². The van der Waals surface area contributed by atoms with Crippen LogP contribution in [-0.2, 0) is 24.1 Å². The Morgan fingerprint density at radius 1 is 1.03 bits per heavy atom. The van der Waals surface area contributed by atoms with Crippen molar-refractivity contribution in [1.29, 1.82) is 0 Å². The Kier molecular flexibility index (Phi) is 5.62. The number of hydrogen-bond acceptors (Lipinski definition) is 4. The van der Waals surface area contributed by atoms with Crippen molar-refractivity contribution in [2.45, 2.75) is 55.0 Å². The first-order valence-electron chi connectivity index (χ1n) is 11.8. The summed E-state index contributed by atoms with van der Waals surface area (Å²) in [5.74, 6) is 1.46. The molecule has 2 heterocycles. The first kappa shape index (κ1) is 21.8. The van der Waals surface area contributed by atoms with Gasteiger partial charge in [-0.25, -0.2) is 4.98 Å². The highest BCUT2D eigenvalue weighted by molar-refractivity contribution is 7.98. The molecule has 0 amide bonds. The quantitative estimate of drug-likeness (QED) is 0.227. The molecule has 2 aliphatic carbocycles. The number of benzene rings is 2. The van der Waals surface area contributed by atoms with E-state index in [0.717, 1.165) is 65.4 Å². The molecule has 0 unspecified atom stereocenters. The van der Waals surface area contributed by atoms with Crippen LogP contribution < -0.4 is 5.56 Å². The van der Waals surface area contributed by atoms with Crippen molar-refractivity contribution < 1.29 is 4.42 Å². The van der Waals surface area contributed by atoms with Gasteiger partial charge in [0.25, 0.3) is 5.56 Å². The van der Waals surface area contributed by atoms with Gasteiger partial charge in [-0.1, -0.05) is 72.6 Å². The third-order valence-corrected chi connectivity index (χ3v) is 8.50. The second kappa shape index (κ2) is 8.79. The average Bonchev–Trinajstić information content (AvgIpc) is 3.53. The van der Waals surface area contributed by atoms with Crippen LogP contribution in [0.2, 0.25) is 5.02 Å². The van der Waals surface area contributed by atoms with E-state index in [-0.39, 0.29) is 11.0 Å². The molecule has 0 saturated heterocycles. The maximum atomic E-state index is 14.2. The summed E-state index contributed by atoms with van der Waals surface area (Å²) < 4.78 is 7.45. The van der Waals surface area contributed by atoms with E-state index in [1.807, 2.05) is 47.0 Å². The van der Waals surface area contributed by atoms with Crippen LogP contribution in [0.3, 0.4) is 0 Å². The fourth-order valence-corrected chi connectivity index (χ4v) is 6.65. The molecule has 4 aromatic rings. The molecule has 1 saturated carbocycles. The normalized spacial score (nSPS) is 15.9. The van der Waals surface area contributed by atoms with Crippen LogP contribution in [0.25, 0.3) is 11.3 Å². The van der Waals surface area contributed by atoms with Gasteiger partial charge >= 0.3 is 0 Å². The van der Waals surface area contributed by atoms with E-state index < -0.39 is 0 Å². The standard InChI is InChI=1S/C28H25ClN2O2S/c29-21-11-9-19(10-12-21)18-34-27-30-25-23-8-2-1-6-20(23)16-28(13-3-4-14-28)24(25)26(32)31(27)17-22-7-5-15-33-22/h1-2,5-12,15H,3-4,13-14,16-18H2. The zero-order valence-electron chi connectivity index (χ0n) is 18.8. The molecule has 172 valence electrons. The lowest BCUT2D eigenvalue weighted by atomic mass is 9.68. The Bertz CT molecular complexity index is 1390. The van der Waals surface area contributed by atoms with Crippen molar-refractivity contribution >= 4 is 23.4 Å². The molecule has 0 bridgehead atoms. The first-order chi connectivity index (χ1) is 16.6. The summed E-state index contributed by atoms with van der Waals surface area (Å²) in [6.07, 6.45) is 6.98. The minimum Gasteiger partial charge on any atom is -0.467 e. The summed E-state index contributed by atoms with van der Waals surface area (Å²) in [6.45, 7) is 0.382. The fraction of sp³-hybridized carbons (Fsp3) is 0.286. The van der Waals surface area contributed by atoms with Crippen LogP contribution in [0.4, 0.5) is 0 Å². The number of furan rings is 1. The molecule has 1 fully saturated rings. The predicted octanol–water partition coefficient (Wildman–Crippen LogP) is 6.87. The molecular formula is C28H25ClN2O2S. The summed E-state index contributed by atoms with van der Waals surface area (Å²) in [5.41, 5.74) is 5.30. The van der Waals surface area contributed by atoms with Gasteiger partial charge in [0.15, 0.2) is 5.16 Å². The van der Waals surface area contributed by atoms with Crippen molar-refractivity contribution in [1.82, 2.24) is 9.55 Å². The van der Waals surface area contributed by atoms with Gasteiger partial charge in [0, 0.05) is 21.8 Å². The zero-order chi connectivity index (χ0) is 23.1. The molecule has 34 heavy (non-hydrogen) atoms. The number of rotatable bonds is 5. The Hall–Kier alpha value is -2.76. The van der Waals surface area contributed by atoms with Crippen LogP contribution >= 0.6 is 23.4 Å². The molecule has 0 radical (unpaired) electrons. The lowest BCUT2D eigenvalue weighted by Gasteiger charge is -2.36. The topological polar surface area (TPSA) is 48.0 Å². The van der Waals surface area contributed by atoms with E-state index in [0.29, 0.717) is 17.3 Å². The number of halogens is 1. The lowest BCUT2D eigenvalue weighted by Crippen LogP contribution is -2.40. The van der Waals surface area contributed by atoms with Gasteiger partial charge in [-0.05, 0) is 54.7 Å². The number of nitrogens with zero attached hydrogens (tertiary/aromatic N) is 2. The van der Waals surface area contributed by atoms with Crippen LogP contribution in [0.1, 0.15) is 48.1 Å². The highest BCUT2D eigenvalue weighted by Crippen LogP contribution is 2.50. The fourth-order valence-electron chi connectivity index (χ4n) is 5.58. The summed E-state index contributed by atoms with van der Waals surface area (Å²) in [4.78, 5) is 19.4. The van der Waals surface area contributed by atoms with Crippen LogP contribution in [0.15, 0.2) is 81.3 Å². The lowest BCUT2D eigenvalue weighted by molar-refractivity contribution is 0.411. The molecule has 4 nitrogen and oxygen atoms in total. The van der Waals surface area contributed by atoms with Crippen LogP contribution in [-0.4, -0.2) is 9.55 Å². The molecule has 0 N–H and O–H groups in total. The van der Waals surface area contributed by atoms with Gasteiger partial charge < -0.3 is 4.42 Å². The molecular weight excluding hydrogens is 464 g/mol. The first-order valence-corrected chi connectivity index (χ1v) is 13.1. The smallest absolute Gasteiger partial charge is 0.258 e. The maximum absolute atomic E-state index is 14.2. The Morgan fingerprint density at radius 3 is 2.59 bits per heavy atom. The number of thioether (sulfide) groups is 1. The van der Waals surface area contributed by atoms with E-state index in [1.54, 1.807) is 18.0 Å². The Labute approximate surface area is 208 Å². The summed E-state index contributed by atoms with van der Waals surface area (Å²) in [5, 5.41) is 1.44. The largest absolute Gasteiger partial charge is 0.467 e. The highest BCUT2D eigenvalue weighted by Gasteiger charge is 2.44. The molecule has 2 aromatic heterocycles. The zero-order valence-corrected chi connectivity index (χ0v) is 20.4. The second-order valence-electron chi connectivity index (χ2n) is 9.33. The SMILES string of the molecule is O=c1c2c(nc(SCc3ccc(Cl)cc3)n1Cc1ccco1)-c1ccccc1CC21CCCC1. The van der Waals surface area contributed by atoms with Crippen molar-refractivity contribution in [3.05, 3.63) is 105 Å². The average molecular weight is 489 g/mol. The summed E-state index contributed by atoms with van der Waals surface area (Å²) >= 11 is 7.65. The van der Waals surface area contributed by atoms with E-state index in [1.165, 1.54) is 5.56 Å². The van der Waals surface area contributed by atoms with Gasteiger partial charge in [0.05, 0.1) is 24.1 Å². The minimum atomic E-state index is -0.113. The Balaban J connectivity index is 1.51. The van der Waals surface area contributed by atoms with E-state index >= 15 is 0 Å². The monoisotopic (exact) mass is 488 g/mol. The van der Waals surface area contributed by atoms with Gasteiger partial charge in [-0.3, -0.25) is 9.36 Å². The van der Waals surface area contributed by atoms with Crippen molar-refractivity contribution in [3.63, 3.8) is 0 Å². The third kappa shape index (κ3) is 3.81. The van der Waals surface area contributed by atoms with Crippen molar-refractivity contribution in [3.8, 4) is 11.3 Å². The van der Waals surface area contributed by atoms with E-state index in [4.69, 9.17) is 21.0 Å². The molecule has 2 aromatic carbocycles.